The van der Waals surface area contributed by atoms with Crippen molar-refractivity contribution >= 4 is 5.91 Å². The molecule has 1 aromatic carbocycles. The van der Waals surface area contributed by atoms with Gasteiger partial charge in [-0.3, -0.25) is 4.79 Å². The van der Waals surface area contributed by atoms with E-state index in [4.69, 9.17) is 5.11 Å². The van der Waals surface area contributed by atoms with E-state index < -0.39 is 30.8 Å². The maximum absolute atomic E-state index is 13.1. The van der Waals surface area contributed by atoms with Crippen molar-refractivity contribution in [2.75, 3.05) is 6.54 Å². The molecule has 1 aromatic rings. The van der Waals surface area contributed by atoms with E-state index in [1.54, 1.807) is 0 Å². The van der Waals surface area contributed by atoms with Crippen molar-refractivity contribution in [3.05, 3.63) is 35.1 Å². The van der Waals surface area contributed by atoms with E-state index in [0.29, 0.717) is 5.56 Å². The number of halogens is 3. The summed E-state index contributed by atoms with van der Waals surface area (Å²) in [6.07, 6.45) is -4.85. The van der Waals surface area contributed by atoms with Gasteiger partial charge in [0.25, 0.3) is 12.3 Å². The lowest BCUT2D eigenvalue weighted by atomic mass is 10.1. The second-order valence-corrected chi connectivity index (χ2v) is 3.58. The highest BCUT2D eigenvalue weighted by Gasteiger charge is 2.18. The van der Waals surface area contributed by atoms with Gasteiger partial charge >= 0.3 is 0 Å². The van der Waals surface area contributed by atoms with Crippen LogP contribution in [0.15, 0.2) is 18.2 Å². The molecular formula is C11H12F3NO2. The predicted octanol–water partition coefficient (Wildman–Crippen LogP) is 1.49. The van der Waals surface area contributed by atoms with Crippen molar-refractivity contribution in [3.63, 3.8) is 0 Å². The zero-order valence-electron chi connectivity index (χ0n) is 9.08. The van der Waals surface area contributed by atoms with Gasteiger partial charge in [0.05, 0.1) is 0 Å². The van der Waals surface area contributed by atoms with Crippen LogP contribution in [0.1, 0.15) is 15.9 Å². The van der Waals surface area contributed by atoms with Gasteiger partial charge in [-0.25, -0.2) is 13.2 Å². The van der Waals surface area contributed by atoms with Crippen LogP contribution < -0.4 is 5.32 Å². The van der Waals surface area contributed by atoms with Gasteiger partial charge in [0.2, 0.25) is 0 Å². The third-order valence-corrected chi connectivity index (χ3v) is 2.20. The molecule has 1 unspecified atom stereocenters. The first-order chi connectivity index (χ1) is 7.91. The molecule has 3 nitrogen and oxygen atoms in total. The molecular weight excluding hydrogens is 235 g/mol. The first kappa shape index (κ1) is 13.5. The minimum atomic E-state index is -2.93. The fourth-order valence-electron chi connectivity index (χ4n) is 1.12. The molecule has 0 aliphatic heterocycles. The standard InChI is InChI=1S/C11H12F3NO2/c1-6-2-3-7(4-8(6)12)11(17)15-5-9(16)10(13)14/h2-4,9-10,16H,5H2,1H3,(H,15,17). The third-order valence-electron chi connectivity index (χ3n) is 2.20. The summed E-state index contributed by atoms with van der Waals surface area (Å²) in [7, 11) is 0. The van der Waals surface area contributed by atoms with Crippen molar-refractivity contribution in [3.8, 4) is 0 Å². The van der Waals surface area contributed by atoms with E-state index in [1.165, 1.54) is 19.1 Å². The van der Waals surface area contributed by atoms with E-state index in [0.717, 1.165) is 6.07 Å². The summed E-state index contributed by atoms with van der Waals surface area (Å²) in [5.74, 6) is -1.25. The Morgan fingerprint density at radius 2 is 2.12 bits per heavy atom. The van der Waals surface area contributed by atoms with Crippen molar-refractivity contribution in [1.29, 1.82) is 0 Å². The van der Waals surface area contributed by atoms with Crippen LogP contribution in [0.3, 0.4) is 0 Å². The number of alkyl halides is 2. The highest BCUT2D eigenvalue weighted by Crippen LogP contribution is 2.09. The summed E-state index contributed by atoms with van der Waals surface area (Å²) >= 11 is 0. The molecule has 0 radical (unpaired) electrons. The van der Waals surface area contributed by atoms with Gasteiger partial charge in [0.15, 0.2) is 0 Å². The summed E-state index contributed by atoms with van der Waals surface area (Å²) in [4.78, 5) is 11.4. The molecule has 94 valence electrons. The number of aryl methyl sites for hydroxylation is 1. The Kier molecular flexibility index (Phi) is 4.51. The van der Waals surface area contributed by atoms with E-state index in [9.17, 15) is 18.0 Å². The number of amides is 1. The molecule has 0 saturated heterocycles. The van der Waals surface area contributed by atoms with Gasteiger partial charge in [-0.15, -0.1) is 0 Å². The molecule has 2 N–H and O–H groups in total. The normalized spacial score (nSPS) is 12.6. The smallest absolute Gasteiger partial charge is 0.265 e. The molecule has 0 heterocycles. The van der Waals surface area contributed by atoms with Crippen LogP contribution in [0.4, 0.5) is 13.2 Å². The number of benzene rings is 1. The average Bonchev–Trinajstić information content (AvgIpc) is 2.28. The molecule has 0 aliphatic carbocycles. The quantitative estimate of drug-likeness (QED) is 0.846. The third kappa shape index (κ3) is 3.74. The van der Waals surface area contributed by atoms with Gasteiger partial charge in [-0.05, 0) is 24.6 Å². The largest absolute Gasteiger partial charge is 0.385 e. The van der Waals surface area contributed by atoms with E-state index in [2.05, 4.69) is 5.32 Å². The molecule has 17 heavy (non-hydrogen) atoms. The van der Waals surface area contributed by atoms with E-state index in [1.807, 2.05) is 0 Å². The second kappa shape index (κ2) is 5.67. The summed E-state index contributed by atoms with van der Waals surface area (Å²) in [6, 6.07) is 3.80. The SMILES string of the molecule is Cc1ccc(C(=O)NCC(O)C(F)F)cc1F. The Bertz CT molecular complexity index is 410. The second-order valence-electron chi connectivity index (χ2n) is 3.58. The molecule has 0 spiro atoms. The van der Waals surface area contributed by atoms with Crippen LogP contribution in [-0.2, 0) is 0 Å². The van der Waals surface area contributed by atoms with Crippen LogP contribution >= 0.6 is 0 Å². The van der Waals surface area contributed by atoms with Gasteiger partial charge < -0.3 is 10.4 Å². The number of carbonyl (C=O) groups is 1. The zero-order chi connectivity index (χ0) is 13.0. The minimum Gasteiger partial charge on any atom is -0.385 e. The van der Waals surface area contributed by atoms with Crippen LogP contribution in [0, 0.1) is 12.7 Å². The summed E-state index contributed by atoms with van der Waals surface area (Å²) in [6.45, 7) is 0.962. The van der Waals surface area contributed by atoms with Crippen LogP contribution in [0.5, 0.6) is 0 Å². The fourth-order valence-corrected chi connectivity index (χ4v) is 1.12. The molecule has 1 amide bonds. The lowest BCUT2D eigenvalue weighted by molar-refractivity contribution is -0.00270. The van der Waals surface area contributed by atoms with Gasteiger partial charge in [-0.2, -0.15) is 0 Å². The van der Waals surface area contributed by atoms with Crippen molar-refractivity contribution < 1.29 is 23.1 Å². The molecule has 0 saturated carbocycles. The highest BCUT2D eigenvalue weighted by molar-refractivity contribution is 5.94. The van der Waals surface area contributed by atoms with Crippen molar-refractivity contribution in [2.45, 2.75) is 19.5 Å². The Morgan fingerprint density at radius 3 is 2.65 bits per heavy atom. The molecule has 6 heteroatoms. The van der Waals surface area contributed by atoms with Gasteiger partial charge in [0.1, 0.15) is 11.9 Å². The summed E-state index contributed by atoms with van der Waals surface area (Å²) < 4.78 is 37.0. The summed E-state index contributed by atoms with van der Waals surface area (Å²) in [5.41, 5.74) is 0.406. The molecule has 0 aromatic heterocycles. The first-order valence-corrected chi connectivity index (χ1v) is 4.92. The van der Waals surface area contributed by atoms with Crippen LogP contribution in [-0.4, -0.2) is 30.1 Å². The highest BCUT2D eigenvalue weighted by atomic mass is 19.3. The first-order valence-electron chi connectivity index (χ1n) is 4.92. The van der Waals surface area contributed by atoms with E-state index in [-0.39, 0.29) is 5.56 Å². The Hall–Kier alpha value is -1.56. The molecule has 0 bridgehead atoms. The monoisotopic (exact) mass is 247 g/mol. The van der Waals surface area contributed by atoms with Gasteiger partial charge in [0, 0.05) is 12.1 Å². The van der Waals surface area contributed by atoms with Crippen molar-refractivity contribution in [2.24, 2.45) is 0 Å². The van der Waals surface area contributed by atoms with Gasteiger partial charge in [-0.1, -0.05) is 6.07 Å². The fraction of sp³-hybridized carbons (Fsp3) is 0.364. The number of rotatable bonds is 4. The molecule has 0 fully saturated rings. The Labute approximate surface area is 96.3 Å². The zero-order valence-corrected chi connectivity index (χ0v) is 9.08. The number of hydrogen-bond donors (Lipinski definition) is 2. The van der Waals surface area contributed by atoms with Crippen molar-refractivity contribution in [1.82, 2.24) is 5.32 Å². The van der Waals surface area contributed by atoms with Crippen LogP contribution in [0.25, 0.3) is 0 Å². The number of aliphatic hydroxyl groups excluding tert-OH is 1. The Morgan fingerprint density at radius 1 is 1.47 bits per heavy atom. The maximum atomic E-state index is 13.1. The van der Waals surface area contributed by atoms with E-state index >= 15 is 0 Å². The molecule has 1 rings (SSSR count). The number of carbonyl (C=O) groups excluding carboxylic acids is 1. The maximum Gasteiger partial charge on any atom is 0.265 e. The number of hydrogen-bond acceptors (Lipinski definition) is 2. The van der Waals surface area contributed by atoms with Crippen LogP contribution in [0.2, 0.25) is 0 Å². The summed E-state index contributed by atoms with van der Waals surface area (Å²) in [5, 5.41) is 10.9. The number of aliphatic hydroxyl groups is 1. The molecule has 0 aliphatic rings. The minimum absolute atomic E-state index is 0.0227. The lowest BCUT2D eigenvalue weighted by Gasteiger charge is -2.10. The number of nitrogens with one attached hydrogen (secondary N) is 1. The Balaban J connectivity index is 2.61. The molecule has 1 atom stereocenters. The predicted molar refractivity (Wildman–Crippen MR) is 55.5 cm³/mol. The lowest BCUT2D eigenvalue weighted by Crippen LogP contribution is -2.35. The average molecular weight is 247 g/mol. The topological polar surface area (TPSA) is 49.3 Å².